The van der Waals surface area contributed by atoms with E-state index in [0.29, 0.717) is 30.1 Å². The fraction of sp³-hybridized carbons (Fsp3) is 0.571. The van der Waals surface area contributed by atoms with Gasteiger partial charge >= 0.3 is 0 Å². The Morgan fingerprint density at radius 1 is 1.37 bits per heavy atom. The van der Waals surface area contributed by atoms with Gasteiger partial charge in [-0.15, -0.1) is 0 Å². The number of aromatic nitrogens is 1. The zero-order valence-electron chi connectivity index (χ0n) is 10.9. The van der Waals surface area contributed by atoms with Gasteiger partial charge in [-0.2, -0.15) is 0 Å². The minimum absolute atomic E-state index is 0.213. The number of halogens is 1. The third-order valence-corrected chi connectivity index (χ3v) is 3.45. The molecule has 0 atom stereocenters. The van der Waals surface area contributed by atoms with Gasteiger partial charge in [-0.05, 0) is 25.0 Å². The van der Waals surface area contributed by atoms with Gasteiger partial charge in [0, 0.05) is 6.54 Å². The van der Waals surface area contributed by atoms with Crippen molar-refractivity contribution in [3.8, 4) is 0 Å². The first-order valence-corrected chi connectivity index (χ1v) is 7.16. The maximum atomic E-state index is 11.8. The molecule has 0 saturated heterocycles. The second-order valence-electron chi connectivity index (χ2n) is 4.73. The number of hydrogen-bond donors (Lipinski definition) is 1. The largest absolute Gasteiger partial charge is 0.376 e. The SMILES string of the molecule is O=C(NCCOC1CCCCC1)c1cccc(Cl)n1. The Labute approximate surface area is 118 Å². The van der Waals surface area contributed by atoms with Crippen LogP contribution < -0.4 is 5.32 Å². The molecule has 0 bridgehead atoms. The van der Waals surface area contributed by atoms with Crippen LogP contribution in [0, 0.1) is 0 Å². The van der Waals surface area contributed by atoms with Crippen molar-refractivity contribution in [1.29, 1.82) is 0 Å². The van der Waals surface area contributed by atoms with Crippen LogP contribution in [-0.2, 0) is 4.74 Å². The molecule has 4 nitrogen and oxygen atoms in total. The van der Waals surface area contributed by atoms with E-state index in [0.717, 1.165) is 12.8 Å². The number of carbonyl (C=O) groups is 1. The number of amides is 1. The summed E-state index contributed by atoms with van der Waals surface area (Å²) < 4.78 is 5.73. The molecular weight excluding hydrogens is 264 g/mol. The van der Waals surface area contributed by atoms with Gasteiger partial charge in [-0.25, -0.2) is 4.98 Å². The molecule has 0 radical (unpaired) electrons. The molecule has 1 amide bonds. The summed E-state index contributed by atoms with van der Waals surface area (Å²) in [7, 11) is 0. The van der Waals surface area contributed by atoms with E-state index < -0.39 is 0 Å². The summed E-state index contributed by atoms with van der Waals surface area (Å²) in [6.45, 7) is 1.06. The number of nitrogens with zero attached hydrogens (tertiary/aromatic N) is 1. The van der Waals surface area contributed by atoms with Gasteiger partial charge in [0.05, 0.1) is 12.7 Å². The molecule has 2 rings (SSSR count). The van der Waals surface area contributed by atoms with E-state index in [1.54, 1.807) is 18.2 Å². The molecule has 1 heterocycles. The molecule has 1 aromatic rings. The van der Waals surface area contributed by atoms with Crippen molar-refractivity contribution in [2.24, 2.45) is 0 Å². The summed E-state index contributed by atoms with van der Waals surface area (Å²) >= 11 is 5.74. The zero-order chi connectivity index (χ0) is 13.5. The Morgan fingerprint density at radius 2 is 2.16 bits per heavy atom. The third-order valence-electron chi connectivity index (χ3n) is 3.24. The number of nitrogens with one attached hydrogen (secondary N) is 1. The molecule has 1 aromatic heterocycles. The first-order valence-electron chi connectivity index (χ1n) is 6.78. The highest BCUT2D eigenvalue weighted by molar-refractivity contribution is 6.29. The summed E-state index contributed by atoms with van der Waals surface area (Å²) in [6, 6.07) is 5.00. The quantitative estimate of drug-likeness (QED) is 0.667. The maximum absolute atomic E-state index is 11.8. The van der Waals surface area contributed by atoms with Gasteiger partial charge in [0.1, 0.15) is 10.8 Å². The molecule has 0 unspecified atom stereocenters. The summed E-state index contributed by atoms with van der Waals surface area (Å²) in [5.41, 5.74) is 0.338. The number of ether oxygens (including phenoxy) is 1. The number of rotatable bonds is 5. The van der Waals surface area contributed by atoms with Crippen LogP contribution >= 0.6 is 11.6 Å². The Hall–Kier alpha value is -1.13. The van der Waals surface area contributed by atoms with Crippen LogP contribution in [0.4, 0.5) is 0 Å². The van der Waals surface area contributed by atoms with Crippen LogP contribution in [0.1, 0.15) is 42.6 Å². The number of pyridine rings is 1. The van der Waals surface area contributed by atoms with Crippen LogP contribution in [-0.4, -0.2) is 30.1 Å². The van der Waals surface area contributed by atoms with Gasteiger partial charge in [0.2, 0.25) is 0 Å². The first kappa shape index (κ1) is 14.3. The normalized spacial score (nSPS) is 16.3. The predicted molar refractivity (Wildman–Crippen MR) is 74.4 cm³/mol. The van der Waals surface area contributed by atoms with Crippen molar-refractivity contribution in [2.75, 3.05) is 13.2 Å². The lowest BCUT2D eigenvalue weighted by Crippen LogP contribution is -2.29. The van der Waals surface area contributed by atoms with Crippen LogP contribution in [0.3, 0.4) is 0 Å². The molecule has 104 valence electrons. The van der Waals surface area contributed by atoms with Crippen LogP contribution in [0.15, 0.2) is 18.2 Å². The van der Waals surface area contributed by atoms with Crippen molar-refractivity contribution in [3.05, 3.63) is 29.0 Å². The van der Waals surface area contributed by atoms with E-state index in [9.17, 15) is 4.79 Å². The molecule has 0 spiro atoms. The van der Waals surface area contributed by atoms with Gasteiger partial charge in [0.15, 0.2) is 0 Å². The van der Waals surface area contributed by atoms with Crippen LogP contribution in [0.2, 0.25) is 5.15 Å². The molecule has 19 heavy (non-hydrogen) atoms. The lowest BCUT2D eigenvalue weighted by molar-refractivity contribution is 0.0299. The average Bonchev–Trinajstić information content (AvgIpc) is 2.44. The summed E-state index contributed by atoms with van der Waals surface area (Å²) in [5, 5.41) is 3.11. The Kier molecular flexibility index (Phi) is 5.61. The van der Waals surface area contributed by atoms with Gasteiger partial charge in [-0.1, -0.05) is 36.9 Å². The fourth-order valence-corrected chi connectivity index (χ4v) is 2.41. The Balaban J connectivity index is 1.66. The zero-order valence-corrected chi connectivity index (χ0v) is 11.7. The Morgan fingerprint density at radius 3 is 2.89 bits per heavy atom. The lowest BCUT2D eigenvalue weighted by Gasteiger charge is -2.21. The van der Waals surface area contributed by atoms with E-state index in [2.05, 4.69) is 10.3 Å². The van der Waals surface area contributed by atoms with Crippen molar-refractivity contribution in [1.82, 2.24) is 10.3 Å². The smallest absolute Gasteiger partial charge is 0.270 e. The van der Waals surface area contributed by atoms with Crippen molar-refractivity contribution in [2.45, 2.75) is 38.2 Å². The van der Waals surface area contributed by atoms with Crippen LogP contribution in [0.5, 0.6) is 0 Å². The molecule has 5 heteroatoms. The molecule has 1 N–H and O–H groups in total. The summed E-state index contributed by atoms with van der Waals surface area (Å²) in [5.74, 6) is -0.213. The van der Waals surface area contributed by atoms with Gasteiger partial charge in [-0.3, -0.25) is 4.79 Å². The molecule has 0 aromatic carbocycles. The van der Waals surface area contributed by atoms with Crippen molar-refractivity contribution in [3.63, 3.8) is 0 Å². The first-order chi connectivity index (χ1) is 9.25. The number of carbonyl (C=O) groups excluding carboxylic acids is 1. The minimum Gasteiger partial charge on any atom is -0.376 e. The topological polar surface area (TPSA) is 51.2 Å². The van der Waals surface area contributed by atoms with E-state index in [1.807, 2.05) is 0 Å². The van der Waals surface area contributed by atoms with Gasteiger partial charge < -0.3 is 10.1 Å². The Bertz CT molecular complexity index is 420. The highest BCUT2D eigenvalue weighted by Gasteiger charge is 2.13. The number of hydrogen-bond acceptors (Lipinski definition) is 3. The lowest BCUT2D eigenvalue weighted by atomic mass is 9.98. The molecule has 1 fully saturated rings. The van der Waals surface area contributed by atoms with E-state index >= 15 is 0 Å². The average molecular weight is 283 g/mol. The molecule has 1 aliphatic rings. The van der Waals surface area contributed by atoms with Crippen molar-refractivity contribution < 1.29 is 9.53 Å². The van der Waals surface area contributed by atoms with E-state index in [-0.39, 0.29) is 5.91 Å². The molecular formula is C14H19ClN2O2. The second-order valence-corrected chi connectivity index (χ2v) is 5.12. The van der Waals surface area contributed by atoms with E-state index in [1.165, 1.54) is 19.3 Å². The third kappa shape index (κ3) is 4.80. The fourth-order valence-electron chi connectivity index (χ4n) is 2.25. The van der Waals surface area contributed by atoms with Crippen molar-refractivity contribution >= 4 is 17.5 Å². The standard InChI is InChI=1S/C14H19ClN2O2/c15-13-8-4-7-12(17-13)14(18)16-9-10-19-11-5-2-1-3-6-11/h4,7-8,11H,1-3,5-6,9-10H2,(H,16,18). The maximum Gasteiger partial charge on any atom is 0.270 e. The minimum atomic E-state index is -0.213. The highest BCUT2D eigenvalue weighted by Crippen LogP contribution is 2.19. The molecule has 0 aliphatic heterocycles. The monoisotopic (exact) mass is 282 g/mol. The second kappa shape index (κ2) is 7.46. The summed E-state index contributed by atoms with van der Waals surface area (Å²) in [6.07, 6.45) is 6.48. The van der Waals surface area contributed by atoms with E-state index in [4.69, 9.17) is 16.3 Å². The predicted octanol–water partition coefficient (Wildman–Crippen LogP) is 2.81. The summed E-state index contributed by atoms with van der Waals surface area (Å²) in [4.78, 5) is 15.7. The molecule has 1 saturated carbocycles. The highest BCUT2D eigenvalue weighted by atomic mass is 35.5. The molecule has 1 aliphatic carbocycles. The van der Waals surface area contributed by atoms with Gasteiger partial charge in [0.25, 0.3) is 5.91 Å². The van der Waals surface area contributed by atoms with Crippen LogP contribution in [0.25, 0.3) is 0 Å².